The molecule has 2 N–H and O–H groups in total. The maximum Gasteiger partial charge on any atom is 0.433 e. The molecule has 0 bridgehead atoms. The first kappa shape index (κ1) is 24.1. The zero-order valence-electron chi connectivity index (χ0n) is 17.0. The summed E-state index contributed by atoms with van der Waals surface area (Å²) in [5.74, 6) is -0.423. The number of alkyl halides is 6. The van der Waals surface area contributed by atoms with Crippen molar-refractivity contribution in [2.45, 2.75) is 18.8 Å². The molecule has 0 aliphatic heterocycles. The van der Waals surface area contributed by atoms with E-state index in [0.29, 0.717) is 19.6 Å². The van der Waals surface area contributed by atoms with E-state index in [1.165, 1.54) is 19.2 Å². The Morgan fingerprint density at radius 2 is 1.61 bits per heavy atom. The molecule has 0 atom stereocenters. The summed E-state index contributed by atoms with van der Waals surface area (Å²) < 4.78 is 82.9. The van der Waals surface area contributed by atoms with Crippen molar-refractivity contribution >= 4 is 17.6 Å². The lowest BCUT2D eigenvalue weighted by molar-refractivity contribution is -0.141. The molecule has 0 fully saturated rings. The van der Waals surface area contributed by atoms with Crippen LogP contribution in [0.15, 0.2) is 36.5 Å². The molecule has 0 aliphatic carbocycles. The fraction of sp³-hybridized carbons (Fsp3) is 0.316. The first-order valence-electron chi connectivity index (χ1n) is 9.40. The van der Waals surface area contributed by atoms with E-state index in [0.717, 1.165) is 24.4 Å². The number of halogens is 6. The summed E-state index contributed by atoms with van der Waals surface area (Å²) in [5.41, 5.74) is -2.51. The molecular formula is C19H17F6N7O. The van der Waals surface area contributed by atoms with Crippen LogP contribution in [0.2, 0.25) is 0 Å². The van der Waals surface area contributed by atoms with Gasteiger partial charge in [0.2, 0.25) is 11.9 Å². The van der Waals surface area contributed by atoms with Gasteiger partial charge in [-0.25, -0.2) is 4.98 Å². The largest absolute Gasteiger partial charge is 0.433 e. The average molecular weight is 473 g/mol. The van der Waals surface area contributed by atoms with Crippen molar-refractivity contribution in [1.29, 1.82) is 0 Å². The van der Waals surface area contributed by atoms with Crippen LogP contribution < -0.4 is 10.6 Å². The summed E-state index contributed by atoms with van der Waals surface area (Å²) >= 11 is 0. The van der Waals surface area contributed by atoms with E-state index < -0.39 is 23.7 Å². The van der Waals surface area contributed by atoms with Gasteiger partial charge in [0.25, 0.3) is 0 Å². The van der Waals surface area contributed by atoms with Gasteiger partial charge >= 0.3 is 12.4 Å². The van der Waals surface area contributed by atoms with E-state index in [4.69, 9.17) is 4.74 Å². The Morgan fingerprint density at radius 1 is 0.879 bits per heavy atom. The maximum absolute atomic E-state index is 13.1. The predicted octanol–water partition coefficient (Wildman–Crippen LogP) is 4.56. The standard InChI is InChI=1S/C19H17F6N7O/c1-33-9-3-7-27-16-30-15(12-4-2-5-13(29-12)18(20,21)22)31-17(32-16)28-11-6-8-26-14(10-11)19(23,24)25/h2,4-6,8,10H,3,7,9H2,1H3,(H2,26,27,28,30,31,32). The minimum absolute atomic E-state index is 0.0112. The van der Waals surface area contributed by atoms with Crippen molar-refractivity contribution in [3.63, 3.8) is 0 Å². The van der Waals surface area contributed by atoms with E-state index in [9.17, 15) is 26.3 Å². The van der Waals surface area contributed by atoms with Gasteiger partial charge in [0.1, 0.15) is 17.1 Å². The molecule has 176 valence electrons. The first-order valence-corrected chi connectivity index (χ1v) is 9.40. The van der Waals surface area contributed by atoms with Crippen LogP contribution in [-0.4, -0.2) is 45.2 Å². The van der Waals surface area contributed by atoms with Crippen LogP contribution in [0.3, 0.4) is 0 Å². The quantitative estimate of drug-likeness (QED) is 0.363. The van der Waals surface area contributed by atoms with Gasteiger partial charge in [0.05, 0.1) is 0 Å². The number of hydrogen-bond acceptors (Lipinski definition) is 8. The molecule has 33 heavy (non-hydrogen) atoms. The molecule has 14 heteroatoms. The minimum atomic E-state index is -4.68. The molecule has 0 aromatic carbocycles. The molecule has 0 aliphatic rings. The number of methoxy groups -OCH3 is 1. The Balaban J connectivity index is 1.96. The molecule has 0 saturated carbocycles. The van der Waals surface area contributed by atoms with Crippen molar-refractivity contribution in [2.75, 3.05) is 30.9 Å². The second-order valence-corrected chi connectivity index (χ2v) is 6.54. The van der Waals surface area contributed by atoms with Gasteiger partial charge in [0, 0.05) is 32.1 Å². The summed E-state index contributed by atoms with van der Waals surface area (Å²) in [6, 6.07) is 5.22. The van der Waals surface area contributed by atoms with Gasteiger partial charge in [-0.1, -0.05) is 6.07 Å². The number of anilines is 3. The van der Waals surface area contributed by atoms with Gasteiger partial charge in [-0.2, -0.15) is 41.3 Å². The third-order valence-electron chi connectivity index (χ3n) is 4.02. The van der Waals surface area contributed by atoms with Crippen LogP contribution >= 0.6 is 0 Å². The first-order chi connectivity index (χ1) is 15.6. The van der Waals surface area contributed by atoms with Crippen LogP contribution in [0.25, 0.3) is 11.5 Å². The van der Waals surface area contributed by atoms with Crippen molar-refractivity contribution in [3.05, 3.63) is 47.9 Å². The van der Waals surface area contributed by atoms with Crippen LogP contribution in [0.4, 0.5) is 43.9 Å². The molecule has 0 spiro atoms. The summed E-state index contributed by atoms with van der Waals surface area (Å²) in [6.07, 6.45) is -7.83. The highest BCUT2D eigenvalue weighted by Gasteiger charge is 2.33. The Kier molecular flexibility index (Phi) is 7.26. The molecule has 0 unspecified atom stereocenters. The highest BCUT2D eigenvalue weighted by atomic mass is 19.4. The highest BCUT2D eigenvalue weighted by Crippen LogP contribution is 2.31. The van der Waals surface area contributed by atoms with Gasteiger partial charge in [0.15, 0.2) is 5.82 Å². The minimum Gasteiger partial charge on any atom is -0.385 e. The van der Waals surface area contributed by atoms with Gasteiger partial charge in [-0.3, -0.25) is 4.98 Å². The SMILES string of the molecule is COCCCNc1nc(Nc2ccnc(C(F)(F)F)c2)nc(-c2cccc(C(F)(F)F)n2)n1. The lowest BCUT2D eigenvalue weighted by Crippen LogP contribution is -2.12. The van der Waals surface area contributed by atoms with E-state index in [-0.39, 0.29) is 29.1 Å². The molecule has 3 heterocycles. The Hall–Kier alpha value is -3.55. The lowest BCUT2D eigenvalue weighted by atomic mass is 10.3. The summed E-state index contributed by atoms with van der Waals surface area (Å²) in [6.45, 7) is 0.794. The highest BCUT2D eigenvalue weighted by molar-refractivity contribution is 5.59. The van der Waals surface area contributed by atoms with Gasteiger partial charge in [-0.15, -0.1) is 0 Å². The monoisotopic (exact) mass is 473 g/mol. The van der Waals surface area contributed by atoms with Crippen molar-refractivity contribution in [3.8, 4) is 11.5 Å². The zero-order chi connectivity index (χ0) is 24.1. The van der Waals surface area contributed by atoms with Gasteiger partial charge < -0.3 is 15.4 Å². The van der Waals surface area contributed by atoms with E-state index in [1.54, 1.807) is 0 Å². The molecule has 0 amide bonds. The molecule has 0 saturated heterocycles. The second-order valence-electron chi connectivity index (χ2n) is 6.54. The van der Waals surface area contributed by atoms with Crippen LogP contribution in [0.1, 0.15) is 17.8 Å². The lowest BCUT2D eigenvalue weighted by Gasteiger charge is -2.12. The summed E-state index contributed by atoms with van der Waals surface area (Å²) in [4.78, 5) is 19.0. The second kappa shape index (κ2) is 9.94. The number of ether oxygens (including phenoxy) is 1. The van der Waals surface area contributed by atoms with Crippen molar-refractivity contribution < 1.29 is 31.1 Å². The number of nitrogens with zero attached hydrogens (tertiary/aromatic N) is 5. The molecule has 3 aromatic rings. The molecule has 0 radical (unpaired) electrons. The third-order valence-corrected chi connectivity index (χ3v) is 4.02. The van der Waals surface area contributed by atoms with E-state index in [1.807, 2.05) is 0 Å². The van der Waals surface area contributed by atoms with E-state index in [2.05, 4.69) is 35.6 Å². The summed E-state index contributed by atoms with van der Waals surface area (Å²) in [7, 11) is 1.52. The van der Waals surface area contributed by atoms with Crippen LogP contribution in [0, 0.1) is 0 Å². The number of hydrogen-bond donors (Lipinski definition) is 2. The predicted molar refractivity (Wildman–Crippen MR) is 106 cm³/mol. The molecular weight excluding hydrogens is 456 g/mol. The number of nitrogens with one attached hydrogen (secondary N) is 2. The summed E-state index contributed by atoms with van der Waals surface area (Å²) in [5, 5.41) is 5.47. The number of pyridine rings is 2. The third kappa shape index (κ3) is 6.71. The molecule has 8 nitrogen and oxygen atoms in total. The van der Waals surface area contributed by atoms with E-state index >= 15 is 0 Å². The fourth-order valence-electron chi connectivity index (χ4n) is 2.55. The molecule has 3 aromatic heterocycles. The Labute approximate surface area is 183 Å². The number of aromatic nitrogens is 5. The topological polar surface area (TPSA) is 97.7 Å². The Bertz CT molecular complexity index is 1090. The van der Waals surface area contributed by atoms with Gasteiger partial charge in [-0.05, 0) is 30.7 Å². The Morgan fingerprint density at radius 3 is 2.30 bits per heavy atom. The zero-order valence-corrected chi connectivity index (χ0v) is 17.0. The normalized spacial score (nSPS) is 12.0. The maximum atomic E-state index is 13.1. The van der Waals surface area contributed by atoms with Crippen molar-refractivity contribution in [2.24, 2.45) is 0 Å². The van der Waals surface area contributed by atoms with Crippen molar-refractivity contribution in [1.82, 2.24) is 24.9 Å². The molecule has 3 rings (SSSR count). The van der Waals surface area contributed by atoms with Crippen LogP contribution in [0.5, 0.6) is 0 Å². The average Bonchev–Trinajstić information content (AvgIpc) is 2.76. The van der Waals surface area contributed by atoms with Crippen LogP contribution in [-0.2, 0) is 17.1 Å². The smallest absolute Gasteiger partial charge is 0.385 e. The fourth-order valence-corrected chi connectivity index (χ4v) is 2.55. The number of rotatable bonds is 8.